The molecule has 104 valence electrons. The summed E-state index contributed by atoms with van der Waals surface area (Å²) in [6.07, 6.45) is 2.27. The van der Waals surface area contributed by atoms with Crippen molar-refractivity contribution in [1.82, 2.24) is 9.97 Å². The highest BCUT2D eigenvalue weighted by Gasteiger charge is 2.28. The predicted octanol–water partition coefficient (Wildman–Crippen LogP) is 3.34. The Labute approximate surface area is 131 Å². The third-order valence-electron chi connectivity index (χ3n) is 3.21. The average molecular weight is 382 g/mol. The summed E-state index contributed by atoms with van der Waals surface area (Å²) in [5.41, 5.74) is 3.44. The van der Waals surface area contributed by atoms with Crippen molar-refractivity contribution >= 4 is 28.4 Å². The molecular formula is C14H15IN4O. The van der Waals surface area contributed by atoms with Crippen LogP contribution in [0, 0.1) is 10.5 Å². The molecule has 0 bridgehead atoms. The second kappa shape index (κ2) is 5.53. The molecule has 0 amide bonds. The molecule has 20 heavy (non-hydrogen) atoms. The quantitative estimate of drug-likeness (QED) is 0.482. The Bertz CT molecular complexity index is 643. The summed E-state index contributed by atoms with van der Waals surface area (Å²) < 4.78 is 7.02. The smallest absolute Gasteiger partial charge is 0.227 e. The van der Waals surface area contributed by atoms with E-state index < -0.39 is 0 Å². The lowest BCUT2D eigenvalue weighted by molar-refractivity contribution is 0.454. The fourth-order valence-corrected chi connectivity index (χ4v) is 2.43. The number of nitrogen functional groups attached to an aromatic ring is 1. The highest BCUT2D eigenvalue weighted by molar-refractivity contribution is 14.1. The summed E-state index contributed by atoms with van der Waals surface area (Å²) in [5.74, 6) is 8.75. The first-order valence-corrected chi connectivity index (χ1v) is 7.54. The Hall–Kier alpha value is -1.41. The molecule has 1 aromatic heterocycles. The zero-order chi connectivity index (χ0) is 14.1. The van der Waals surface area contributed by atoms with Crippen molar-refractivity contribution in [3.05, 3.63) is 39.2 Å². The Kier molecular flexibility index (Phi) is 3.75. The molecule has 2 aromatic rings. The van der Waals surface area contributed by atoms with Gasteiger partial charge in [-0.3, -0.25) is 0 Å². The molecule has 1 saturated carbocycles. The van der Waals surface area contributed by atoms with E-state index in [1.807, 2.05) is 31.2 Å². The molecule has 0 atom stereocenters. The fraction of sp³-hybridized carbons (Fsp3) is 0.286. The third-order valence-corrected chi connectivity index (χ3v) is 3.88. The monoisotopic (exact) mass is 382 g/mol. The summed E-state index contributed by atoms with van der Waals surface area (Å²) in [7, 11) is 0. The van der Waals surface area contributed by atoms with Crippen LogP contribution in [0.25, 0.3) is 0 Å². The largest absolute Gasteiger partial charge is 0.439 e. The highest BCUT2D eigenvalue weighted by atomic mass is 127. The van der Waals surface area contributed by atoms with Crippen molar-refractivity contribution in [2.45, 2.75) is 25.7 Å². The number of nitrogens with two attached hydrogens (primary N) is 1. The summed E-state index contributed by atoms with van der Waals surface area (Å²) in [6.45, 7) is 1.90. The van der Waals surface area contributed by atoms with Gasteiger partial charge in [0, 0.05) is 9.49 Å². The zero-order valence-corrected chi connectivity index (χ0v) is 13.2. The summed E-state index contributed by atoms with van der Waals surface area (Å²) in [4.78, 5) is 8.98. The molecule has 3 N–H and O–H groups in total. The van der Waals surface area contributed by atoms with Gasteiger partial charge in [0.15, 0.2) is 5.82 Å². The molecule has 1 aliphatic carbocycles. The van der Waals surface area contributed by atoms with Crippen LogP contribution >= 0.6 is 22.6 Å². The second-order valence-electron chi connectivity index (χ2n) is 4.84. The molecule has 6 heteroatoms. The number of ether oxygens (including phenoxy) is 1. The van der Waals surface area contributed by atoms with Gasteiger partial charge < -0.3 is 10.2 Å². The molecule has 3 rings (SSSR count). The van der Waals surface area contributed by atoms with Crippen molar-refractivity contribution < 1.29 is 4.74 Å². The van der Waals surface area contributed by atoms with Crippen LogP contribution in [-0.2, 0) is 0 Å². The van der Waals surface area contributed by atoms with Gasteiger partial charge in [0.1, 0.15) is 11.6 Å². The third kappa shape index (κ3) is 2.85. The Morgan fingerprint density at radius 3 is 2.80 bits per heavy atom. The van der Waals surface area contributed by atoms with Gasteiger partial charge in [0.2, 0.25) is 5.88 Å². The van der Waals surface area contributed by atoms with E-state index in [1.165, 1.54) is 0 Å². The van der Waals surface area contributed by atoms with E-state index in [4.69, 9.17) is 10.6 Å². The van der Waals surface area contributed by atoms with E-state index in [-0.39, 0.29) is 0 Å². The van der Waals surface area contributed by atoms with Crippen LogP contribution < -0.4 is 16.0 Å². The minimum Gasteiger partial charge on any atom is -0.439 e. The SMILES string of the molecule is Cc1c(NN)nc(C2CC2)nc1Oc1cccc(I)c1. The number of nitrogens with one attached hydrogen (secondary N) is 1. The van der Waals surface area contributed by atoms with Crippen LogP contribution in [0.2, 0.25) is 0 Å². The van der Waals surface area contributed by atoms with Crippen LogP contribution in [0.4, 0.5) is 5.82 Å². The second-order valence-corrected chi connectivity index (χ2v) is 6.08. The van der Waals surface area contributed by atoms with E-state index in [9.17, 15) is 0 Å². The van der Waals surface area contributed by atoms with Crippen LogP contribution in [0.3, 0.4) is 0 Å². The number of hydrogen-bond donors (Lipinski definition) is 2. The molecule has 0 aliphatic heterocycles. The molecule has 0 radical (unpaired) electrons. The summed E-state index contributed by atoms with van der Waals surface area (Å²) >= 11 is 2.25. The van der Waals surface area contributed by atoms with Gasteiger partial charge >= 0.3 is 0 Å². The Morgan fingerprint density at radius 1 is 1.35 bits per heavy atom. The van der Waals surface area contributed by atoms with Crippen molar-refractivity contribution in [2.24, 2.45) is 5.84 Å². The highest BCUT2D eigenvalue weighted by Crippen LogP contribution is 2.40. The number of rotatable bonds is 4. The van der Waals surface area contributed by atoms with Crippen LogP contribution in [0.15, 0.2) is 24.3 Å². The first kappa shape index (κ1) is 13.6. The lowest BCUT2D eigenvalue weighted by Crippen LogP contribution is -2.13. The van der Waals surface area contributed by atoms with Gasteiger partial charge in [-0.15, -0.1) is 0 Å². The lowest BCUT2D eigenvalue weighted by atomic mass is 10.3. The summed E-state index contributed by atoms with van der Waals surface area (Å²) in [5, 5.41) is 0. The van der Waals surface area contributed by atoms with E-state index in [2.05, 4.69) is 38.0 Å². The Balaban J connectivity index is 1.97. The molecule has 1 fully saturated rings. The maximum Gasteiger partial charge on any atom is 0.227 e. The first-order valence-electron chi connectivity index (χ1n) is 6.46. The maximum atomic E-state index is 5.90. The van der Waals surface area contributed by atoms with Crippen molar-refractivity contribution in [1.29, 1.82) is 0 Å². The van der Waals surface area contributed by atoms with Gasteiger partial charge in [-0.05, 0) is 60.6 Å². The molecule has 0 saturated heterocycles. The van der Waals surface area contributed by atoms with Gasteiger partial charge in [-0.25, -0.2) is 10.8 Å². The number of hydrogen-bond acceptors (Lipinski definition) is 5. The first-order chi connectivity index (χ1) is 9.67. The van der Waals surface area contributed by atoms with Gasteiger partial charge in [0.05, 0.1) is 5.56 Å². The zero-order valence-electron chi connectivity index (χ0n) is 11.1. The van der Waals surface area contributed by atoms with Crippen LogP contribution in [0.5, 0.6) is 11.6 Å². The van der Waals surface area contributed by atoms with E-state index in [0.717, 1.165) is 33.5 Å². The van der Waals surface area contributed by atoms with Crippen LogP contribution in [-0.4, -0.2) is 9.97 Å². The number of aromatic nitrogens is 2. The fourth-order valence-electron chi connectivity index (χ4n) is 1.92. The predicted molar refractivity (Wildman–Crippen MR) is 85.8 cm³/mol. The van der Waals surface area contributed by atoms with Gasteiger partial charge in [0.25, 0.3) is 0 Å². The minimum absolute atomic E-state index is 0.445. The molecule has 1 heterocycles. The molecular weight excluding hydrogens is 367 g/mol. The molecule has 0 spiro atoms. The Morgan fingerprint density at radius 2 is 2.15 bits per heavy atom. The number of hydrazine groups is 1. The molecule has 5 nitrogen and oxygen atoms in total. The summed E-state index contributed by atoms with van der Waals surface area (Å²) in [6, 6.07) is 7.85. The average Bonchev–Trinajstić information content (AvgIpc) is 3.25. The van der Waals surface area contributed by atoms with E-state index in [0.29, 0.717) is 17.6 Å². The van der Waals surface area contributed by atoms with Gasteiger partial charge in [-0.2, -0.15) is 4.98 Å². The number of halogens is 1. The normalized spacial score (nSPS) is 14.2. The minimum atomic E-state index is 0.445. The van der Waals surface area contributed by atoms with Crippen LogP contribution in [0.1, 0.15) is 30.1 Å². The van der Waals surface area contributed by atoms with Crippen molar-refractivity contribution in [3.63, 3.8) is 0 Å². The number of anilines is 1. The van der Waals surface area contributed by atoms with E-state index in [1.54, 1.807) is 0 Å². The van der Waals surface area contributed by atoms with Crippen molar-refractivity contribution in [3.8, 4) is 11.6 Å². The molecule has 0 unspecified atom stereocenters. The standard InChI is InChI=1S/C14H15IN4O/c1-8-12(19-16)17-13(9-5-6-9)18-14(8)20-11-4-2-3-10(15)7-11/h2-4,7,9H,5-6,16H2,1H3,(H,17,18,19). The van der Waals surface area contributed by atoms with E-state index >= 15 is 0 Å². The number of benzene rings is 1. The van der Waals surface area contributed by atoms with Crippen molar-refractivity contribution in [2.75, 3.05) is 5.43 Å². The van der Waals surface area contributed by atoms with Gasteiger partial charge in [-0.1, -0.05) is 6.07 Å². The topological polar surface area (TPSA) is 73.1 Å². The maximum absolute atomic E-state index is 5.90. The molecule has 1 aromatic carbocycles. The molecule has 1 aliphatic rings. The number of nitrogens with zero attached hydrogens (tertiary/aromatic N) is 2. The lowest BCUT2D eigenvalue weighted by Gasteiger charge is -2.12.